The summed E-state index contributed by atoms with van der Waals surface area (Å²) in [6.07, 6.45) is 4.00. The molecule has 0 radical (unpaired) electrons. The maximum absolute atomic E-state index is 11.3. The number of rotatable bonds is 0. The second-order valence-electron chi connectivity index (χ2n) is 3.19. The molecule has 0 aromatic heterocycles. The molecule has 0 aliphatic heterocycles. The van der Waals surface area contributed by atoms with Crippen LogP contribution in [0.15, 0.2) is 22.9 Å². The van der Waals surface area contributed by atoms with Gasteiger partial charge in [-0.3, -0.25) is 4.79 Å². The maximum atomic E-state index is 11.3. The van der Waals surface area contributed by atoms with Crippen molar-refractivity contribution >= 4 is 17.4 Å². The molecule has 0 spiro atoms. The average molecular weight is 184 g/mol. The molecule has 2 rings (SSSR count). The Bertz CT molecular complexity index is 304. The Morgan fingerprint density at radius 2 is 2.25 bits per heavy atom. The van der Waals surface area contributed by atoms with Gasteiger partial charge in [0.2, 0.25) is 0 Å². The maximum Gasteiger partial charge on any atom is 0.165 e. The molecule has 1 unspecified atom stereocenters. The third-order valence-electron chi connectivity index (χ3n) is 2.43. The molecule has 12 heavy (non-hydrogen) atoms. The van der Waals surface area contributed by atoms with E-state index in [1.54, 1.807) is 0 Å². The van der Waals surface area contributed by atoms with Gasteiger partial charge in [0.1, 0.15) is 0 Å². The van der Waals surface area contributed by atoms with Gasteiger partial charge in [-0.1, -0.05) is 6.08 Å². The number of ketones is 1. The fraction of sp³-hybridized carbons (Fsp3) is 0.444. The number of allylic oxidation sites excluding steroid dienone is 3. The summed E-state index contributed by atoms with van der Waals surface area (Å²) < 4.78 is 0. The number of hydrogen-bond donors (Lipinski definition) is 1. The first-order valence-electron chi connectivity index (χ1n) is 4.06. The van der Waals surface area contributed by atoms with Crippen molar-refractivity contribution in [2.24, 2.45) is 5.73 Å². The summed E-state index contributed by atoms with van der Waals surface area (Å²) in [4.78, 5) is 11.3. The minimum atomic E-state index is -0.00116. The Kier molecular flexibility index (Phi) is 1.72. The predicted octanol–water partition coefficient (Wildman–Crippen LogP) is 1.50. The lowest BCUT2D eigenvalue weighted by Crippen LogP contribution is -2.15. The summed E-state index contributed by atoms with van der Waals surface area (Å²) in [7, 11) is 0. The zero-order chi connectivity index (χ0) is 8.72. The molecule has 0 aromatic rings. The molecule has 2 aliphatic rings. The van der Waals surface area contributed by atoms with Crippen LogP contribution in [0.25, 0.3) is 0 Å². The molecule has 0 saturated carbocycles. The van der Waals surface area contributed by atoms with Crippen molar-refractivity contribution in [1.82, 2.24) is 0 Å². The van der Waals surface area contributed by atoms with E-state index in [0.717, 1.165) is 18.4 Å². The SMILES string of the molecule is NC1=CCC(Cl)C2=C1C(=O)CC2. The first kappa shape index (κ1) is 7.87. The van der Waals surface area contributed by atoms with E-state index < -0.39 is 0 Å². The van der Waals surface area contributed by atoms with Crippen LogP contribution in [0.5, 0.6) is 0 Å². The largest absolute Gasteiger partial charge is 0.398 e. The van der Waals surface area contributed by atoms with Crippen molar-refractivity contribution in [2.75, 3.05) is 0 Å². The lowest BCUT2D eigenvalue weighted by Gasteiger charge is -2.16. The molecular formula is C9H10ClNO. The van der Waals surface area contributed by atoms with E-state index in [4.69, 9.17) is 17.3 Å². The predicted molar refractivity (Wildman–Crippen MR) is 47.8 cm³/mol. The third-order valence-corrected chi connectivity index (χ3v) is 2.87. The van der Waals surface area contributed by atoms with Crippen molar-refractivity contribution in [1.29, 1.82) is 0 Å². The van der Waals surface area contributed by atoms with Crippen LogP contribution in [0, 0.1) is 0 Å². The Morgan fingerprint density at radius 3 is 2.92 bits per heavy atom. The quantitative estimate of drug-likeness (QED) is 0.579. The summed E-state index contributed by atoms with van der Waals surface area (Å²) in [5, 5.41) is -0.00116. The van der Waals surface area contributed by atoms with E-state index in [0.29, 0.717) is 17.7 Å². The molecule has 2 aliphatic carbocycles. The minimum Gasteiger partial charge on any atom is -0.398 e. The molecule has 0 amide bonds. The van der Waals surface area contributed by atoms with Crippen molar-refractivity contribution in [3.63, 3.8) is 0 Å². The first-order chi connectivity index (χ1) is 5.70. The van der Waals surface area contributed by atoms with Crippen molar-refractivity contribution in [3.8, 4) is 0 Å². The van der Waals surface area contributed by atoms with E-state index >= 15 is 0 Å². The molecule has 0 aromatic carbocycles. The standard InChI is InChI=1S/C9H10ClNO/c10-6-2-3-7(11)9-5(6)1-4-8(9)12/h3,6H,1-2,4,11H2. The number of nitrogens with two attached hydrogens (primary N) is 1. The second-order valence-corrected chi connectivity index (χ2v) is 3.71. The smallest absolute Gasteiger partial charge is 0.165 e. The monoisotopic (exact) mass is 183 g/mol. The number of halogens is 1. The van der Waals surface area contributed by atoms with Crippen molar-refractivity contribution in [3.05, 3.63) is 22.9 Å². The highest BCUT2D eigenvalue weighted by atomic mass is 35.5. The molecular weight excluding hydrogens is 174 g/mol. The topological polar surface area (TPSA) is 43.1 Å². The van der Waals surface area contributed by atoms with Crippen LogP contribution in [0.1, 0.15) is 19.3 Å². The molecule has 0 heterocycles. The van der Waals surface area contributed by atoms with Gasteiger partial charge in [0.15, 0.2) is 5.78 Å². The van der Waals surface area contributed by atoms with Crippen LogP contribution in [0.4, 0.5) is 0 Å². The number of carbonyl (C=O) groups is 1. The van der Waals surface area contributed by atoms with Gasteiger partial charge in [-0.05, 0) is 18.4 Å². The molecule has 0 bridgehead atoms. The van der Waals surface area contributed by atoms with Crippen LogP contribution in [-0.4, -0.2) is 11.2 Å². The third kappa shape index (κ3) is 0.985. The average Bonchev–Trinajstić information content (AvgIpc) is 2.42. The number of hydrogen-bond acceptors (Lipinski definition) is 2. The fourth-order valence-corrected chi connectivity index (χ4v) is 2.12. The molecule has 0 fully saturated rings. The first-order valence-corrected chi connectivity index (χ1v) is 4.50. The molecule has 2 nitrogen and oxygen atoms in total. The zero-order valence-corrected chi connectivity index (χ0v) is 7.40. The van der Waals surface area contributed by atoms with Gasteiger partial charge in [-0.2, -0.15) is 0 Å². The van der Waals surface area contributed by atoms with E-state index in [1.165, 1.54) is 0 Å². The van der Waals surface area contributed by atoms with Crippen LogP contribution in [0.3, 0.4) is 0 Å². The van der Waals surface area contributed by atoms with Gasteiger partial charge in [0.25, 0.3) is 0 Å². The Hall–Kier alpha value is -0.760. The Balaban J connectivity index is 2.46. The summed E-state index contributed by atoms with van der Waals surface area (Å²) in [6, 6.07) is 0. The fourth-order valence-electron chi connectivity index (χ4n) is 1.81. The van der Waals surface area contributed by atoms with Gasteiger partial charge in [0, 0.05) is 17.7 Å². The molecule has 1 atom stereocenters. The lowest BCUT2D eigenvalue weighted by atomic mass is 9.97. The second kappa shape index (κ2) is 2.63. The van der Waals surface area contributed by atoms with Crippen LogP contribution < -0.4 is 5.73 Å². The highest BCUT2D eigenvalue weighted by molar-refractivity contribution is 6.24. The molecule has 0 saturated heterocycles. The molecule has 3 heteroatoms. The van der Waals surface area contributed by atoms with Gasteiger partial charge in [-0.15, -0.1) is 11.6 Å². The van der Waals surface area contributed by atoms with Crippen molar-refractivity contribution < 1.29 is 4.79 Å². The van der Waals surface area contributed by atoms with E-state index in [1.807, 2.05) is 6.08 Å². The summed E-state index contributed by atoms with van der Waals surface area (Å²) in [5.41, 5.74) is 8.09. The number of Topliss-reactive ketones (excluding diaryl/α,β-unsaturated/α-hetero) is 1. The molecule has 2 N–H and O–H groups in total. The van der Waals surface area contributed by atoms with Crippen LogP contribution >= 0.6 is 11.6 Å². The van der Waals surface area contributed by atoms with Crippen molar-refractivity contribution in [2.45, 2.75) is 24.6 Å². The lowest BCUT2D eigenvalue weighted by molar-refractivity contribution is -0.114. The summed E-state index contributed by atoms with van der Waals surface area (Å²) >= 11 is 6.04. The highest BCUT2D eigenvalue weighted by Gasteiger charge is 2.30. The zero-order valence-electron chi connectivity index (χ0n) is 6.64. The van der Waals surface area contributed by atoms with Gasteiger partial charge in [0.05, 0.1) is 5.38 Å². The van der Waals surface area contributed by atoms with Crippen LogP contribution in [0.2, 0.25) is 0 Å². The van der Waals surface area contributed by atoms with E-state index in [-0.39, 0.29) is 11.2 Å². The summed E-state index contributed by atoms with van der Waals surface area (Å²) in [5.74, 6) is 0.157. The van der Waals surface area contributed by atoms with Crippen LogP contribution in [-0.2, 0) is 4.79 Å². The molecule has 64 valence electrons. The van der Waals surface area contributed by atoms with E-state index in [9.17, 15) is 4.79 Å². The van der Waals surface area contributed by atoms with Gasteiger partial charge in [-0.25, -0.2) is 0 Å². The summed E-state index contributed by atoms with van der Waals surface area (Å²) in [6.45, 7) is 0. The minimum absolute atomic E-state index is 0.00116. The normalized spacial score (nSPS) is 28.9. The van der Waals surface area contributed by atoms with Gasteiger partial charge >= 0.3 is 0 Å². The number of alkyl halides is 1. The highest BCUT2D eigenvalue weighted by Crippen LogP contribution is 2.36. The number of carbonyl (C=O) groups excluding carboxylic acids is 1. The Morgan fingerprint density at radius 1 is 1.50 bits per heavy atom. The van der Waals surface area contributed by atoms with E-state index in [2.05, 4.69) is 0 Å². The van der Waals surface area contributed by atoms with Gasteiger partial charge < -0.3 is 5.73 Å². The Labute approximate surface area is 76.1 Å².